The third-order valence-corrected chi connectivity index (χ3v) is 8.06. The largest absolute Gasteiger partial charge is 0.372 e. The maximum absolute atomic E-state index is 15.1. The van der Waals surface area contributed by atoms with Crippen molar-refractivity contribution in [3.63, 3.8) is 0 Å². The maximum atomic E-state index is 15.1. The van der Waals surface area contributed by atoms with Crippen molar-refractivity contribution in [2.75, 3.05) is 11.4 Å². The summed E-state index contributed by atoms with van der Waals surface area (Å²) in [6.07, 6.45) is -0.235. The Hall–Kier alpha value is -3.50. The van der Waals surface area contributed by atoms with Gasteiger partial charge in [-0.1, -0.05) is 30.3 Å². The van der Waals surface area contributed by atoms with Crippen LogP contribution in [-0.4, -0.2) is 46.3 Å². The molecule has 5 rings (SSSR count). The summed E-state index contributed by atoms with van der Waals surface area (Å²) in [6, 6.07) is 11.0. The molecule has 1 saturated carbocycles. The molecule has 2 amide bonds. The molecule has 1 aliphatic heterocycles. The van der Waals surface area contributed by atoms with E-state index in [1.807, 2.05) is 0 Å². The quantitative estimate of drug-likeness (QED) is 0.339. The van der Waals surface area contributed by atoms with Crippen LogP contribution in [0.15, 0.2) is 67.0 Å². The fourth-order valence-corrected chi connectivity index (χ4v) is 5.95. The average molecular weight is 562 g/mol. The molecule has 0 unspecified atom stereocenters. The molecule has 6 nitrogen and oxygen atoms in total. The van der Waals surface area contributed by atoms with Gasteiger partial charge >= 0.3 is 0 Å². The predicted molar refractivity (Wildman–Crippen MR) is 136 cm³/mol. The Morgan fingerprint density at radius 3 is 2.49 bits per heavy atom. The van der Waals surface area contributed by atoms with Gasteiger partial charge in [0.25, 0.3) is 11.8 Å². The summed E-state index contributed by atoms with van der Waals surface area (Å²) in [5.41, 5.74) is -3.05. The minimum atomic E-state index is -2.82. The van der Waals surface area contributed by atoms with E-state index in [4.69, 9.17) is 11.6 Å². The molecule has 11 heteroatoms. The van der Waals surface area contributed by atoms with Gasteiger partial charge in [0, 0.05) is 47.4 Å². The highest BCUT2D eigenvalue weighted by Crippen LogP contribution is 2.48. The van der Waals surface area contributed by atoms with Crippen LogP contribution in [0.25, 0.3) is 0 Å². The van der Waals surface area contributed by atoms with Crippen LogP contribution >= 0.6 is 11.6 Å². The second-order valence-electron chi connectivity index (χ2n) is 9.81. The number of alkyl halides is 3. The monoisotopic (exact) mass is 561 g/mol. The first-order chi connectivity index (χ1) is 18.6. The summed E-state index contributed by atoms with van der Waals surface area (Å²) in [5, 5.41) is 13.4. The van der Waals surface area contributed by atoms with E-state index in [2.05, 4.69) is 10.3 Å². The Kier molecular flexibility index (Phi) is 7.35. The number of hydrogen-bond donors (Lipinski definition) is 2. The molecule has 2 aromatic carbocycles. The summed E-state index contributed by atoms with van der Waals surface area (Å²) in [4.78, 5) is 31.1. The van der Waals surface area contributed by atoms with Gasteiger partial charge in [0.05, 0.1) is 11.3 Å². The van der Waals surface area contributed by atoms with Gasteiger partial charge in [-0.25, -0.2) is 17.6 Å². The number of aliphatic hydroxyl groups is 1. The normalized spacial score (nSPS) is 26.5. The van der Waals surface area contributed by atoms with Crippen molar-refractivity contribution in [3.8, 4) is 0 Å². The van der Waals surface area contributed by atoms with Crippen LogP contribution in [0.4, 0.5) is 23.2 Å². The SMILES string of the molecule is O=C(N[C@@H]1C[C@@H](Cl)[C@@H](CN2C(=O)[C@](O)(c3ccccc3F)c3cccc(F)c32)C[C@H]1C(F)F)c1cccnc1. The highest BCUT2D eigenvalue weighted by Gasteiger charge is 2.54. The standard InChI is InChI=1S/C28H24ClF4N3O3/c29-20-12-23(35-26(37)15-5-4-10-34-13-15)17(25(32)33)11-16(20)14-36-24-19(7-3-9-22(24)31)28(39,27(36)38)18-6-1-2-8-21(18)30/h1-10,13,16-17,20,23,25,39H,11-12,14H2,(H,35,37)/t16-,17-,20-,23-,28+/m1/s1. The van der Waals surface area contributed by atoms with Crippen molar-refractivity contribution in [2.24, 2.45) is 11.8 Å². The summed E-state index contributed by atoms with van der Waals surface area (Å²) < 4.78 is 58.2. The molecule has 0 radical (unpaired) electrons. The third-order valence-electron chi connectivity index (χ3n) is 7.53. The fourth-order valence-electron chi connectivity index (χ4n) is 5.57. The average Bonchev–Trinajstić information content (AvgIpc) is 3.14. The summed E-state index contributed by atoms with van der Waals surface area (Å²) >= 11 is 6.62. The number of carbonyl (C=O) groups is 2. The Labute approximate surface area is 226 Å². The van der Waals surface area contributed by atoms with Gasteiger partial charge in [0.1, 0.15) is 11.6 Å². The molecular weight excluding hydrogens is 538 g/mol. The van der Waals surface area contributed by atoms with Crippen LogP contribution in [-0.2, 0) is 10.4 Å². The number of rotatable bonds is 6. The highest BCUT2D eigenvalue weighted by molar-refractivity contribution is 6.21. The molecule has 0 saturated heterocycles. The molecule has 204 valence electrons. The number of hydrogen-bond acceptors (Lipinski definition) is 4. The number of anilines is 1. The minimum absolute atomic E-state index is 0.0308. The number of benzene rings is 2. The molecule has 2 heterocycles. The van der Waals surface area contributed by atoms with Crippen LogP contribution in [0, 0.1) is 23.5 Å². The van der Waals surface area contributed by atoms with Gasteiger partial charge in [-0.2, -0.15) is 0 Å². The first-order valence-electron chi connectivity index (χ1n) is 12.3. The van der Waals surface area contributed by atoms with E-state index in [0.29, 0.717) is 0 Å². The minimum Gasteiger partial charge on any atom is -0.372 e. The molecule has 1 aliphatic carbocycles. The highest BCUT2D eigenvalue weighted by atomic mass is 35.5. The smallest absolute Gasteiger partial charge is 0.268 e. The number of pyridine rings is 1. The lowest BCUT2D eigenvalue weighted by molar-refractivity contribution is -0.132. The number of carbonyl (C=O) groups excluding carboxylic acids is 2. The van der Waals surface area contributed by atoms with Crippen molar-refractivity contribution in [1.82, 2.24) is 10.3 Å². The van der Waals surface area contributed by atoms with Crippen molar-refractivity contribution >= 4 is 29.1 Å². The van der Waals surface area contributed by atoms with Gasteiger partial charge in [-0.15, -0.1) is 11.6 Å². The molecule has 1 fully saturated rings. The summed E-state index contributed by atoms with van der Waals surface area (Å²) in [6.45, 7) is -0.288. The number of nitrogens with one attached hydrogen (secondary N) is 1. The van der Waals surface area contributed by atoms with Gasteiger partial charge < -0.3 is 15.3 Å². The van der Waals surface area contributed by atoms with Crippen molar-refractivity contribution in [1.29, 1.82) is 0 Å². The summed E-state index contributed by atoms with van der Waals surface area (Å²) in [7, 11) is 0. The number of halogens is 5. The number of amides is 2. The first-order valence-corrected chi connectivity index (χ1v) is 12.8. The van der Waals surface area contributed by atoms with Crippen molar-refractivity contribution in [2.45, 2.75) is 36.3 Å². The van der Waals surface area contributed by atoms with Crippen LogP contribution < -0.4 is 10.2 Å². The van der Waals surface area contributed by atoms with Crippen LogP contribution in [0.3, 0.4) is 0 Å². The van der Waals surface area contributed by atoms with Gasteiger partial charge in [-0.3, -0.25) is 14.6 Å². The Balaban J connectivity index is 1.42. The molecule has 3 aromatic rings. The van der Waals surface area contributed by atoms with E-state index in [1.54, 1.807) is 6.07 Å². The van der Waals surface area contributed by atoms with E-state index < -0.39 is 58.7 Å². The molecule has 1 aromatic heterocycles. The number of fused-ring (bicyclic) bond motifs is 1. The topological polar surface area (TPSA) is 82.5 Å². The third kappa shape index (κ3) is 4.76. The first kappa shape index (κ1) is 27.1. The fraction of sp³-hybridized carbons (Fsp3) is 0.321. The number of aromatic nitrogens is 1. The second kappa shape index (κ2) is 10.6. The van der Waals surface area contributed by atoms with Crippen molar-refractivity contribution in [3.05, 3.63) is 95.3 Å². The summed E-state index contributed by atoms with van der Waals surface area (Å²) in [5.74, 6) is -5.30. The molecule has 0 bridgehead atoms. The van der Waals surface area contributed by atoms with E-state index in [-0.39, 0.29) is 41.8 Å². The van der Waals surface area contributed by atoms with Gasteiger partial charge in [0.15, 0.2) is 5.60 Å². The van der Waals surface area contributed by atoms with Crippen molar-refractivity contribution < 1.29 is 32.3 Å². The van der Waals surface area contributed by atoms with E-state index in [1.165, 1.54) is 48.8 Å². The molecule has 2 aliphatic rings. The lowest BCUT2D eigenvalue weighted by atomic mass is 9.77. The lowest BCUT2D eigenvalue weighted by Gasteiger charge is -2.40. The second-order valence-corrected chi connectivity index (χ2v) is 10.4. The number of nitrogens with zero attached hydrogens (tertiary/aromatic N) is 2. The van der Waals surface area contributed by atoms with E-state index >= 15 is 4.39 Å². The van der Waals surface area contributed by atoms with Crippen LogP contribution in [0.1, 0.15) is 34.3 Å². The Morgan fingerprint density at radius 1 is 1.08 bits per heavy atom. The zero-order chi connectivity index (χ0) is 27.9. The number of para-hydroxylation sites is 1. The Morgan fingerprint density at radius 2 is 1.79 bits per heavy atom. The van der Waals surface area contributed by atoms with E-state index in [9.17, 15) is 27.9 Å². The van der Waals surface area contributed by atoms with Gasteiger partial charge in [0.2, 0.25) is 6.43 Å². The maximum Gasteiger partial charge on any atom is 0.268 e. The molecule has 5 atom stereocenters. The zero-order valence-electron chi connectivity index (χ0n) is 20.4. The molecule has 39 heavy (non-hydrogen) atoms. The molecular formula is C28H24ClF4N3O3. The lowest BCUT2D eigenvalue weighted by Crippen LogP contribution is -2.52. The predicted octanol–water partition coefficient (Wildman–Crippen LogP) is 4.64. The van der Waals surface area contributed by atoms with Crippen LogP contribution in [0.2, 0.25) is 0 Å². The van der Waals surface area contributed by atoms with Crippen LogP contribution in [0.5, 0.6) is 0 Å². The zero-order valence-corrected chi connectivity index (χ0v) is 21.2. The molecule has 0 spiro atoms. The van der Waals surface area contributed by atoms with E-state index in [0.717, 1.165) is 17.0 Å². The Bertz CT molecular complexity index is 1400. The van der Waals surface area contributed by atoms with Gasteiger partial charge in [-0.05, 0) is 43.0 Å². The molecule has 2 N–H and O–H groups in total.